The van der Waals surface area contributed by atoms with Crippen molar-refractivity contribution in [3.63, 3.8) is 0 Å². The predicted molar refractivity (Wildman–Crippen MR) is 148 cm³/mol. The Morgan fingerprint density at radius 2 is 1.80 bits per heavy atom. The zero-order valence-electron chi connectivity index (χ0n) is 24.1. The summed E-state index contributed by atoms with van der Waals surface area (Å²) < 4.78 is 19.1. The molecule has 3 aliphatic heterocycles. The van der Waals surface area contributed by atoms with Crippen LogP contribution in [0.5, 0.6) is 0 Å². The molecule has 0 radical (unpaired) electrons. The lowest BCUT2D eigenvalue weighted by atomic mass is 9.74. The van der Waals surface area contributed by atoms with Gasteiger partial charge in [0.25, 0.3) is 5.91 Å². The second-order valence-corrected chi connectivity index (χ2v) is 13.7. The molecule has 9 heteroatoms. The molecule has 0 saturated carbocycles. The van der Waals surface area contributed by atoms with Crippen molar-refractivity contribution in [2.45, 2.75) is 108 Å². The van der Waals surface area contributed by atoms with Gasteiger partial charge in [-0.2, -0.15) is 5.26 Å². The highest BCUT2D eigenvalue weighted by Crippen LogP contribution is 2.60. The lowest BCUT2D eigenvalue weighted by Crippen LogP contribution is -2.53. The maximum atomic E-state index is 13.0. The van der Waals surface area contributed by atoms with E-state index in [1.165, 1.54) is 6.20 Å². The second kappa shape index (κ2) is 8.73. The van der Waals surface area contributed by atoms with Crippen LogP contribution in [-0.2, 0) is 19.8 Å². The SMILES string of the molecule is CC1(C)CC=C(c2cc(C3(O)C[C@@]4(C)O[C@](C)(C3)C3OC(C)(C)OC34)ccc2NC(=O)c2ncc(C#N)[nH]2)CC1. The van der Waals surface area contributed by atoms with Crippen LogP contribution in [0.3, 0.4) is 0 Å². The van der Waals surface area contributed by atoms with Gasteiger partial charge in [-0.05, 0) is 75.6 Å². The minimum atomic E-state index is -1.18. The highest BCUT2D eigenvalue weighted by atomic mass is 16.8. The number of hydrogen-bond acceptors (Lipinski definition) is 7. The number of hydrogen-bond donors (Lipinski definition) is 3. The van der Waals surface area contributed by atoms with Crippen molar-refractivity contribution in [1.82, 2.24) is 9.97 Å². The molecule has 1 amide bonds. The third-order valence-corrected chi connectivity index (χ3v) is 9.09. The summed E-state index contributed by atoms with van der Waals surface area (Å²) in [7, 11) is 0. The van der Waals surface area contributed by atoms with Gasteiger partial charge in [0, 0.05) is 24.1 Å². The minimum absolute atomic E-state index is 0.0697. The number of H-pyrrole nitrogens is 1. The van der Waals surface area contributed by atoms with Crippen LogP contribution in [-0.4, -0.2) is 50.2 Å². The first-order valence-corrected chi connectivity index (χ1v) is 14.0. The normalized spacial score (nSPS) is 35.5. The first-order valence-electron chi connectivity index (χ1n) is 14.0. The van der Waals surface area contributed by atoms with E-state index in [1.54, 1.807) is 0 Å². The zero-order chi connectivity index (χ0) is 28.7. The van der Waals surface area contributed by atoms with Gasteiger partial charge in [-0.3, -0.25) is 4.79 Å². The molecule has 4 heterocycles. The van der Waals surface area contributed by atoms with Gasteiger partial charge in [0.05, 0.1) is 23.0 Å². The molecule has 0 spiro atoms. The van der Waals surface area contributed by atoms with Gasteiger partial charge >= 0.3 is 0 Å². The second-order valence-electron chi connectivity index (χ2n) is 13.7. The fourth-order valence-corrected chi connectivity index (χ4v) is 7.21. The molecule has 3 N–H and O–H groups in total. The van der Waals surface area contributed by atoms with Crippen molar-refractivity contribution < 1.29 is 24.1 Å². The van der Waals surface area contributed by atoms with Crippen LogP contribution in [0.25, 0.3) is 5.57 Å². The van der Waals surface area contributed by atoms with E-state index in [0.29, 0.717) is 18.5 Å². The molecule has 1 aromatic carbocycles. The summed E-state index contributed by atoms with van der Waals surface area (Å²) in [6, 6.07) is 7.71. The van der Waals surface area contributed by atoms with Crippen LogP contribution in [0, 0.1) is 16.7 Å². The van der Waals surface area contributed by atoms with Crippen molar-refractivity contribution in [2.24, 2.45) is 5.41 Å². The predicted octanol–water partition coefficient (Wildman–Crippen LogP) is 5.18. The minimum Gasteiger partial charge on any atom is -0.385 e. The van der Waals surface area contributed by atoms with Crippen molar-refractivity contribution in [3.05, 3.63) is 53.1 Å². The fourth-order valence-electron chi connectivity index (χ4n) is 7.21. The summed E-state index contributed by atoms with van der Waals surface area (Å²) in [5.74, 6) is -1.06. The average Bonchev–Trinajstić information content (AvgIpc) is 3.51. The van der Waals surface area contributed by atoms with Crippen LogP contribution in [0.2, 0.25) is 0 Å². The quantitative estimate of drug-likeness (QED) is 0.482. The van der Waals surface area contributed by atoms with Crippen molar-refractivity contribution >= 4 is 17.2 Å². The maximum absolute atomic E-state index is 13.0. The van der Waals surface area contributed by atoms with Crippen molar-refractivity contribution in [2.75, 3.05) is 5.32 Å². The Morgan fingerprint density at radius 3 is 2.38 bits per heavy atom. The summed E-state index contributed by atoms with van der Waals surface area (Å²) in [5, 5.41) is 24.4. The molecule has 2 unspecified atom stereocenters. The van der Waals surface area contributed by atoms with E-state index in [1.807, 2.05) is 52.0 Å². The van der Waals surface area contributed by atoms with Crippen LogP contribution in [0.1, 0.15) is 101 Å². The number of benzene rings is 1. The number of carbonyl (C=O) groups is 1. The van der Waals surface area contributed by atoms with E-state index < -0.39 is 28.5 Å². The Hall–Kier alpha value is -3.03. The largest absolute Gasteiger partial charge is 0.385 e. The number of ether oxygens (including phenoxy) is 3. The molecular weight excluding hydrogens is 508 g/mol. The molecule has 212 valence electrons. The Morgan fingerprint density at radius 1 is 1.12 bits per heavy atom. The fraction of sp³-hybridized carbons (Fsp3) is 0.581. The third-order valence-electron chi connectivity index (χ3n) is 9.09. The number of allylic oxidation sites excluding steroid dienone is 2. The molecule has 2 bridgehead atoms. The van der Waals surface area contributed by atoms with Crippen LogP contribution in [0.15, 0.2) is 30.5 Å². The van der Waals surface area contributed by atoms with Gasteiger partial charge in [-0.15, -0.1) is 0 Å². The van der Waals surface area contributed by atoms with E-state index in [9.17, 15) is 9.90 Å². The van der Waals surface area contributed by atoms with Gasteiger partial charge in [0.2, 0.25) is 0 Å². The topological polar surface area (TPSA) is 129 Å². The summed E-state index contributed by atoms with van der Waals surface area (Å²) in [6.07, 6.45) is 6.53. The zero-order valence-corrected chi connectivity index (χ0v) is 24.1. The van der Waals surface area contributed by atoms with Crippen LogP contribution >= 0.6 is 0 Å². The van der Waals surface area contributed by atoms with E-state index in [-0.39, 0.29) is 29.1 Å². The molecule has 1 aromatic heterocycles. The van der Waals surface area contributed by atoms with E-state index in [2.05, 4.69) is 35.2 Å². The smallest absolute Gasteiger partial charge is 0.291 e. The first-order chi connectivity index (χ1) is 18.6. The monoisotopic (exact) mass is 546 g/mol. The molecule has 6 rings (SSSR count). The first kappa shape index (κ1) is 27.2. The molecule has 3 saturated heterocycles. The summed E-state index contributed by atoms with van der Waals surface area (Å²) >= 11 is 0. The Bertz CT molecular complexity index is 1420. The standard InChI is InChI=1S/C31H38N4O5/c1-27(2)11-9-18(10-12-27)21-13-19(7-8-22(21)35-26(36)25-33-15-20(14-32)34-25)31(37)16-29(5)23-24(30(6,17-31)40-29)39-28(3,4)38-23/h7-9,13,15,23-24,37H,10-12,16-17H2,1-6H3,(H,33,34)(H,35,36)/t23?,24?,29-,30-,31?/m1/s1. The lowest BCUT2D eigenvalue weighted by molar-refractivity contribution is -0.270. The van der Waals surface area contributed by atoms with Crippen LogP contribution in [0.4, 0.5) is 5.69 Å². The molecule has 4 atom stereocenters. The van der Waals surface area contributed by atoms with E-state index in [4.69, 9.17) is 19.5 Å². The number of aromatic amines is 1. The highest BCUT2D eigenvalue weighted by Gasteiger charge is 2.71. The molecule has 3 fully saturated rings. The Balaban J connectivity index is 1.37. The Labute approximate surface area is 234 Å². The number of nitrogens with zero attached hydrogens (tertiary/aromatic N) is 2. The number of aliphatic hydroxyl groups is 1. The van der Waals surface area contributed by atoms with Gasteiger partial charge in [-0.25, -0.2) is 4.98 Å². The molecule has 9 nitrogen and oxygen atoms in total. The number of fused-ring (bicyclic) bond motifs is 5. The van der Waals surface area contributed by atoms with Crippen molar-refractivity contribution in [1.29, 1.82) is 5.26 Å². The summed E-state index contributed by atoms with van der Waals surface area (Å²) in [6.45, 7) is 12.4. The van der Waals surface area contributed by atoms with E-state index in [0.717, 1.165) is 36.0 Å². The Kier molecular flexibility index (Phi) is 5.93. The molecule has 1 aliphatic carbocycles. The number of amides is 1. The number of imidazole rings is 1. The third kappa shape index (κ3) is 4.47. The number of anilines is 1. The maximum Gasteiger partial charge on any atom is 0.291 e. The van der Waals surface area contributed by atoms with Gasteiger partial charge in [0.1, 0.15) is 24.0 Å². The number of nitrogens with one attached hydrogen (secondary N) is 2. The van der Waals surface area contributed by atoms with Crippen molar-refractivity contribution in [3.8, 4) is 6.07 Å². The molecular formula is C31H38N4O5. The van der Waals surface area contributed by atoms with Crippen LogP contribution < -0.4 is 5.32 Å². The number of nitriles is 1. The summed E-state index contributed by atoms with van der Waals surface area (Å²) in [4.78, 5) is 19.8. The van der Waals surface area contributed by atoms with Gasteiger partial charge in [0.15, 0.2) is 11.6 Å². The highest BCUT2D eigenvalue weighted by molar-refractivity contribution is 6.03. The average molecular weight is 547 g/mol. The number of carbonyl (C=O) groups excluding carboxylic acids is 1. The molecule has 2 aromatic rings. The molecule has 4 aliphatic rings. The summed E-state index contributed by atoms with van der Waals surface area (Å²) in [5.41, 5.74) is 1.22. The number of aromatic nitrogens is 2. The molecule has 40 heavy (non-hydrogen) atoms. The van der Waals surface area contributed by atoms with Gasteiger partial charge < -0.3 is 29.6 Å². The lowest BCUT2D eigenvalue weighted by Gasteiger charge is -2.48. The van der Waals surface area contributed by atoms with E-state index >= 15 is 0 Å². The van der Waals surface area contributed by atoms with Gasteiger partial charge in [-0.1, -0.05) is 26.0 Å². The number of rotatable bonds is 4.